The molecule has 0 atom stereocenters. The van der Waals surface area contributed by atoms with Crippen LogP contribution in [-0.4, -0.2) is 26.0 Å². The molecule has 10 heteroatoms. The van der Waals surface area contributed by atoms with E-state index in [0.717, 1.165) is 22.4 Å². The number of furan rings is 1. The summed E-state index contributed by atoms with van der Waals surface area (Å²) in [5, 5.41) is 16.1. The molecule has 38 heavy (non-hydrogen) atoms. The number of aryl methyl sites for hydroxylation is 2. The van der Waals surface area contributed by atoms with Gasteiger partial charge in [-0.05, 0) is 91.8 Å². The Hall–Kier alpha value is -3.98. The summed E-state index contributed by atoms with van der Waals surface area (Å²) in [5.41, 5.74) is 5.60. The van der Waals surface area contributed by atoms with E-state index in [9.17, 15) is 4.79 Å². The molecule has 190 valence electrons. The van der Waals surface area contributed by atoms with Crippen molar-refractivity contribution in [2.24, 2.45) is 0 Å². The Balaban J connectivity index is 1.20. The van der Waals surface area contributed by atoms with Crippen LogP contribution < -0.4 is 10.6 Å². The molecule has 0 aliphatic carbocycles. The molecule has 2 N–H and O–H groups in total. The number of thiocarbonyl (C=S) groups is 1. The van der Waals surface area contributed by atoms with Crippen molar-refractivity contribution in [2.45, 2.75) is 13.8 Å². The first kappa shape index (κ1) is 25.7. The van der Waals surface area contributed by atoms with E-state index in [0.29, 0.717) is 38.3 Å². The van der Waals surface area contributed by atoms with Crippen molar-refractivity contribution >= 4 is 69.2 Å². The van der Waals surface area contributed by atoms with Gasteiger partial charge in [-0.1, -0.05) is 41.4 Å². The Bertz CT molecular complexity index is 1720. The Morgan fingerprint density at radius 3 is 2.42 bits per heavy atom. The summed E-state index contributed by atoms with van der Waals surface area (Å²) in [7, 11) is 0. The maximum atomic E-state index is 12.4. The Kier molecular flexibility index (Phi) is 7.28. The first-order valence-electron chi connectivity index (χ1n) is 11.6. The quantitative estimate of drug-likeness (QED) is 0.175. The predicted octanol–water partition coefficient (Wildman–Crippen LogP) is 7.13. The highest BCUT2D eigenvalue weighted by Crippen LogP contribution is 2.27. The van der Waals surface area contributed by atoms with Gasteiger partial charge in [0.2, 0.25) is 5.91 Å². The molecule has 2 heterocycles. The van der Waals surface area contributed by atoms with E-state index in [1.165, 1.54) is 10.9 Å². The van der Waals surface area contributed by atoms with Gasteiger partial charge in [0.15, 0.2) is 5.11 Å². The molecule has 5 rings (SSSR count). The van der Waals surface area contributed by atoms with E-state index in [-0.39, 0.29) is 5.11 Å². The van der Waals surface area contributed by atoms with E-state index in [4.69, 9.17) is 39.8 Å². The smallest absolute Gasteiger partial charge is 0.250 e. The van der Waals surface area contributed by atoms with Crippen molar-refractivity contribution in [2.75, 3.05) is 5.32 Å². The van der Waals surface area contributed by atoms with Crippen molar-refractivity contribution in [3.05, 3.63) is 99.7 Å². The normalized spacial score (nSPS) is 11.3. The molecule has 0 bridgehead atoms. The molecule has 0 fully saturated rings. The highest BCUT2D eigenvalue weighted by molar-refractivity contribution is 7.80. The van der Waals surface area contributed by atoms with E-state index in [2.05, 4.69) is 20.8 Å². The summed E-state index contributed by atoms with van der Waals surface area (Å²) in [6, 6.07) is 20.3. The van der Waals surface area contributed by atoms with Crippen molar-refractivity contribution in [1.29, 1.82) is 0 Å². The molecule has 5 aromatic rings. The fourth-order valence-electron chi connectivity index (χ4n) is 3.63. The second-order valence-corrected chi connectivity index (χ2v) is 9.79. The van der Waals surface area contributed by atoms with Crippen LogP contribution in [0.15, 0.2) is 77.2 Å². The summed E-state index contributed by atoms with van der Waals surface area (Å²) in [6.07, 6.45) is 2.92. The minimum absolute atomic E-state index is 0.145. The van der Waals surface area contributed by atoms with E-state index < -0.39 is 5.91 Å². The molecule has 0 saturated heterocycles. The molecule has 0 aliphatic rings. The lowest BCUT2D eigenvalue weighted by atomic mass is 10.1. The van der Waals surface area contributed by atoms with Crippen LogP contribution in [-0.2, 0) is 4.79 Å². The molecule has 7 nitrogen and oxygen atoms in total. The standard InChI is InChI=1S/C28H21Cl2N5O2S/c1-16-3-5-18(13-22(16)29)26-11-8-21(37-26)9-12-27(36)32-28(38)31-19-6-10-24-25(14-19)34-35(33-24)20-7-4-17(2)23(30)15-20/h3-15H,1-2H3,(H2,31,32,36,38)/b12-9+. The van der Waals surface area contributed by atoms with Gasteiger partial charge in [-0.25, -0.2) is 0 Å². The number of hydrogen-bond acceptors (Lipinski definition) is 5. The van der Waals surface area contributed by atoms with Gasteiger partial charge >= 0.3 is 0 Å². The van der Waals surface area contributed by atoms with Gasteiger partial charge in [0.05, 0.1) is 5.69 Å². The zero-order valence-electron chi connectivity index (χ0n) is 20.3. The summed E-state index contributed by atoms with van der Waals surface area (Å²) >= 11 is 17.7. The van der Waals surface area contributed by atoms with Gasteiger partial charge in [-0.3, -0.25) is 10.1 Å². The minimum atomic E-state index is -0.401. The van der Waals surface area contributed by atoms with Crippen LogP contribution in [0.25, 0.3) is 34.1 Å². The molecular formula is C28H21Cl2N5O2S. The van der Waals surface area contributed by atoms with Gasteiger partial charge < -0.3 is 9.73 Å². The summed E-state index contributed by atoms with van der Waals surface area (Å²) in [4.78, 5) is 13.9. The number of benzene rings is 3. The first-order valence-corrected chi connectivity index (χ1v) is 12.7. The largest absolute Gasteiger partial charge is 0.457 e. The average molecular weight is 562 g/mol. The molecular weight excluding hydrogens is 541 g/mol. The number of hydrogen-bond donors (Lipinski definition) is 2. The molecule has 0 radical (unpaired) electrons. The Labute approximate surface area is 234 Å². The molecule has 0 saturated carbocycles. The minimum Gasteiger partial charge on any atom is -0.457 e. The van der Waals surface area contributed by atoms with E-state index in [1.54, 1.807) is 24.3 Å². The average Bonchev–Trinajstić information content (AvgIpc) is 3.53. The Morgan fingerprint density at radius 1 is 0.921 bits per heavy atom. The fourth-order valence-corrected chi connectivity index (χ4v) is 4.21. The van der Waals surface area contributed by atoms with Crippen molar-refractivity contribution in [3.8, 4) is 17.0 Å². The van der Waals surface area contributed by atoms with Crippen molar-refractivity contribution < 1.29 is 9.21 Å². The second kappa shape index (κ2) is 10.8. The van der Waals surface area contributed by atoms with E-state index in [1.807, 2.05) is 62.4 Å². The monoisotopic (exact) mass is 561 g/mol. The van der Waals surface area contributed by atoms with Gasteiger partial charge in [-0.15, -0.1) is 10.2 Å². The predicted molar refractivity (Wildman–Crippen MR) is 156 cm³/mol. The fraction of sp³-hybridized carbons (Fsp3) is 0.0714. The number of nitrogens with zero attached hydrogens (tertiary/aromatic N) is 3. The second-order valence-electron chi connectivity index (χ2n) is 8.57. The van der Waals surface area contributed by atoms with Crippen LogP contribution in [0.3, 0.4) is 0 Å². The summed E-state index contributed by atoms with van der Waals surface area (Å²) in [5.74, 6) is 0.776. The third-order valence-electron chi connectivity index (χ3n) is 5.74. The molecule has 1 amide bonds. The number of amides is 1. The highest BCUT2D eigenvalue weighted by atomic mass is 35.5. The maximum absolute atomic E-state index is 12.4. The van der Waals surface area contributed by atoms with E-state index >= 15 is 0 Å². The highest BCUT2D eigenvalue weighted by Gasteiger charge is 2.09. The molecule has 3 aromatic carbocycles. The number of carbonyl (C=O) groups excluding carboxylic acids is 1. The number of carbonyl (C=O) groups is 1. The number of rotatable bonds is 5. The lowest BCUT2D eigenvalue weighted by Gasteiger charge is -2.07. The molecule has 0 spiro atoms. The Morgan fingerprint density at radius 2 is 1.66 bits per heavy atom. The van der Waals surface area contributed by atoms with Crippen molar-refractivity contribution in [3.63, 3.8) is 0 Å². The zero-order chi connectivity index (χ0) is 26.8. The molecule has 2 aromatic heterocycles. The summed E-state index contributed by atoms with van der Waals surface area (Å²) < 4.78 is 5.81. The van der Waals surface area contributed by atoms with Crippen LogP contribution in [0.1, 0.15) is 16.9 Å². The van der Waals surface area contributed by atoms with Crippen LogP contribution in [0.4, 0.5) is 5.69 Å². The zero-order valence-corrected chi connectivity index (χ0v) is 22.7. The lowest BCUT2D eigenvalue weighted by Crippen LogP contribution is -2.32. The van der Waals surface area contributed by atoms with Crippen LogP contribution >= 0.6 is 35.4 Å². The lowest BCUT2D eigenvalue weighted by molar-refractivity contribution is -0.115. The number of fused-ring (bicyclic) bond motifs is 1. The van der Waals surface area contributed by atoms with Crippen LogP contribution in [0.5, 0.6) is 0 Å². The SMILES string of the molecule is Cc1ccc(-c2ccc(/C=C/C(=O)NC(=S)Nc3ccc4nn(-c5ccc(C)c(Cl)c5)nc4c3)o2)cc1Cl. The summed E-state index contributed by atoms with van der Waals surface area (Å²) in [6.45, 7) is 3.87. The first-order chi connectivity index (χ1) is 18.2. The third-order valence-corrected chi connectivity index (χ3v) is 6.76. The van der Waals surface area contributed by atoms with Crippen LogP contribution in [0, 0.1) is 13.8 Å². The van der Waals surface area contributed by atoms with Gasteiger partial charge in [0, 0.05) is 27.4 Å². The molecule has 0 unspecified atom stereocenters. The van der Waals surface area contributed by atoms with Crippen molar-refractivity contribution in [1.82, 2.24) is 20.3 Å². The topological polar surface area (TPSA) is 85.0 Å². The van der Waals surface area contributed by atoms with Gasteiger partial charge in [-0.2, -0.15) is 4.80 Å². The third kappa shape index (κ3) is 5.78. The maximum Gasteiger partial charge on any atom is 0.250 e. The number of aromatic nitrogens is 3. The van der Waals surface area contributed by atoms with Gasteiger partial charge in [0.1, 0.15) is 22.6 Å². The van der Waals surface area contributed by atoms with Crippen LogP contribution in [0.2, 0.25) is 10.0 Å². The number of halogens is 2. The molecule has 0 aliphatic heterocycles. The van der Waals surface area contributed by atoms with Gasteiger partial charge in [0.25, 0.3) is 0 Å². The number of anilines is 1. The number of nitrogens with one attached hydrogen (secondary N) is 2.